The summed E-state index contributed by atoms with van der Waals surface area (Å²) in [6.45, 7) is 4.96. The van der Waals surface area contributed by atoms with Gasteiger partial charge in [-0.05, 0) is 49.7 Å². The molecule has 1 aromatic heterocycles. The molecule has 0 unspecified atom stereocenters. The van der Waals surface area contributed by atoms with Gasteiger partial charge in [-0.15, -0.1) is 0 Å². The molecule has 0 spiro atoms. The molecule has 2 N–H and O–H groups in total. The topological polar surface area (TPSA) is 72.5 Å². The summed E-state index contributed by atoms with van der Waals surface area (Å²) in [5, 5.41) is 5.79. The Morgan fingerprint density at radius 2 is 1.83 bits per heavy atom. The Kier molecular flexibility index (Phi) is 6.89. The van der Waals surface area contributed by atoms with Crippen LogP contribution in [-0.4, -0.2) is 24.3 Å². The van der Waals surface area contributed by atoms with E-state index in [-0.39, 0.29) is 0 Å². The van der Waals surface area contributed by atoms with Crippen LogP contribution in [0.15, 0.2) is 42.6 Å². The minimum atomic E-state index is -0.487. The molecule has 0 fully saturated rings. The van der Waals surface area contributed by atoms with Gasteiger partial charge in [-0.2, -0.15) is 0 Å². The molecule has 0 saturated heterocycles. The van der Waals surface area contributed by atoms with Gasteiger partial charge < -0.3 is 14.8 Å². The summed E-state index contributed by atoms with van der Waals surface area (Å²) in [5.74, 6) is 1.54. The van der Waals surface area contributed by atoms with Crippen molar-refractivity contribution in [2.45, 2.75) is 26.7 Å². The maximum Gasteiger partial charge on any atom is 0.411 e. The molecule has 0 radical (unpaired) electrons. The molecule has 0 aliphatic rings. The Hall–Kier alpha value is -2.76. The van der Waals surface area contributed by atoms with Gasteiger partial charge in [0.2, 0.25) is 0 Å². The monoisotopic (exact) mass is 329 g/mol. The fourth-order valence-electron chi connectivity index (χ4n) is 1.94. The van der Waals surface area contributed by atoms with Crippen molar-refractivity contribution < 1.29 is 14.3 Å². The van der Waals surface area contributed by atoms with E-state index in [0.29, 0.717) is 18.1 Å². The number of nitrogens with one attached hydrogen (secondary N) is 2. The van der Waals surface area contributed by atoms with Crippen LogP contribution in [0.1, 0.15) is 26.7 Å². The SMILES string of the molecule is CCCCOc1ccc(Nc2ccc(NC(=O)OCC)cn2)cc1. The number of unbranched alkanes of at least 4 members (excludes halogenated alkanes) is 1. The lowest BCUT2D eigenvalue weighted by molar-refractivity contribution is 0.168. The molecule has 0 atom stereocenters. The lowest BCUT2D eigenvalue weighted by Gasteiger charge is -2.09. The Morgan fingerprint density at radius 1 is 1.08 bits per heavy atom. The fraction of sp³-hybridized carbons (Fsp3) is 0.333. The number of carbonyl (C=O) groups excluding carboxylic acids is 1. The van der Waals surface area contributed by atoms with E-state index >= 15 is 0 Å². The van der Waals surface area contributed by atoms with Gasteiger partial charge in [0.25, 0.3) is 0 Å². The Morgan fingerprint density at radius 3 is 2.46 bits per heavy atom. The van der Waals surface area contributed by atoms with E-state index in [1.54, 1.807) is 25.3 Å². The van der Waals surface area contributed by atoms with Gasteiger partial charge in [-0.3, -0.25) is 5.32 Å². The summed E-state index contributed by atoms with van der Waals surface area (Å²) in [4.78, 5) is 15.6. The standard InChI is InChI=1S/C18H23N3O3/c1-3-5-12-24-16-9-6-14(7-10-16)20-17-11-8-15(13-19-17)21-18(22)23-4-2/h6-11,13H,3-5,12H2,1-2H3,(H,19,20)(H,21,22). The van der Waals surface area contributed by atoms with Crippen molar-refractivity contribution in [3.05, 3.63) is 42.6 Å². The summed E-state index contributed by atoms with van der Waals surface area (Å²) in [6, 6.07) is 11.3. The van der Waals surface area contributed by atoms with Crippen LogP contribution in [0.3, 0.4) is 0 Å². The first kappa shape index (κ1) is 17.6. The number of pyridine rings is 1. The molecule has 1 heterocycles. The molecule has 24 heavy (non-hydrogen) atoms. The predicted octanol–water partition coefficient (Wildman–Crippen LogP) is 4.57. The molecule has 6 heteroatoms. The molecule has 1 amide bonds. The third kappa shape index (κ3) is 5.79. The van der Waals surface area contributed by atoms with Crippen molar-refractivity contribution in [2.75, 3.05) is 23.8 Å². The maximum absolute atomic E-state index is 11.3. The number of amides is 1. The van der Waals surface area contributed by atoms with E-state index in [4.69, 9.17) is 9.47 Å². The third-order valence-corrected chi connectivity index (χ3v) is 3.18. The smallest absolute Gasteiger partial charge is 0.411 e. The van der Waals surface area contributed by atoms with Crippen LogP contribution < -0.4 is 15.4 Å². The van der Waals surface area contributed by atoms with Crippen LogP contribution in [0.2, 0.25) is 0 Å². The van der Waals surface area contributed by atoms with E-state index < -0.39 is 6.09 Å². The van der Waals surface area contributed by atoms with Gasteiger partial charge in [-0.25, -0.2) is 9.78 Å². The number of nitrogens with zero attached hydrogens (tertiary/aromatic N) is 1. The molecule has 2 rings (SSSR count). The molecule has 0 saturated carbocycles. The average Bonchev–Trinajstić information content (AvgIpc) is 2.59. The summed E-state index contributed by atoms with van der Waals surface area (Å²) in [6.07, 6.45) is 3.25. The highest BCUT2D eigenvalue weighted by molar-refractivity contribution is 5.84. The number of anilines is 3. The van der Waals surface area contributed by atoms with Gasteiger partial charge in [-0.1, -0.05) is 13.3 Å². The first-order valence-electron chi connectivity index (χ1n) is 8.11. The highest BCUT2D eigenvalue weighted by Gasteiger charge is 2.03. The zero-order valence-electron chi connectivity index (χ0n) is 14.0. The van der Waals surface area contributed by atoms with Crippen molar-refractivity contribution in [3.63, 3.8) is 0 Å². The fourth-order valence-corrected chi connectivity index (χ4v) is 1.94. The Balaban J connectivity index is 1.87. The molecule has 128 valence electrons. The second kappa shape index (κ2) is 9.39. The van der Waals surface area contributed by atoms with E-state index in [0.717, 1.165) is 30.9 Å². The van der Waals surface area contributed by atoms with Gasteiger partial charge in [0.15, 0.2) is 0 Å². The summed E-state index contributed by atoms with van der Waals surface area (Å²) >= 11 is 0. The van der Waals surface area contributed by atoms with Crippen molar-refractivity contribution in [1.82, 2.24) is 4.98 Å². The van der Waals surface area contributed by atoms with Crippen molar-refractivity contribution >= 4 is 23.3 Å². The number of rotatable bonds is 8. The van der Waals surface area contributed by atoms with E-state index in [1.807, 2.05) is 24.3 Å². The van der Waals surface area contributed by atoms with Gasteiger partial charge >= 0.3 is 6.09 Å². The summed E-state index contributed by atoms with van der Waals surface area (Å²) < 4.78 is 10.4. The van der Waals surface area contributed by atoms with Gasteiger partial charge in [0.05, 0.1) is 25.1 Å². The molecular formula is C18H23N3O3. The van der Waals surface area contributed by atoms with Crippen LogP contribution in [0, 0.1) is 0 Å². The highest BCUT2D eigenvalue weighted by Crippen LogP contribution is 2.20. The predicted molar refractivity (Wildman–Crippen MR) is 95.0 cm³/mol. The number of hydrogen-bond donors (Lipinski definition) is 2. The molecule has 0 aliphatic heterocycles. The molecule has 0 aliphatic carbocycles. The number of hydrogen-bond acceptors (Lipinski definition) is 5. The van der Waals surface area contributed by atoms with Gasteiger partial charge in [0.1, 0.15) is 11.6 Å². The second-order valence-corrected chi connectivity index (χ2v) is 5.13. The van der Waals surface area contributed by atoms with E-state index in [9.17, 15) is 4.79 Å². The number of aromatic nitrogens is 1. The maximum atomic E-state index is 11.3. The molecule has 1 aromatic carbocycles. The largest absolute Gasteiger partial charge is 0.494 e. The van der Waals surface area contributed by atoms with Crippen LogP contribution in [0.25, 0.3) is 0 Å². The zero-order chi connectivity index (χ0) is 17.2. The van der Waals surface area contributed by atoms with E-state index in [1.165, 1.54) is 0 Å². The zero-order valence-corrected chi connectivity index (χ0v) is 14.0. The number of ether oxygens (including phenoxy) is 2. The first-order valence-corrected chi connectivity index (χ1v) is 8.11. The van der Waals surface area contributed by atoms with Crippen LogP contribution in [0.5, 0.6) is 5.75 Å². The molecule has 2 aromatic rings. The third-order valence-electron chi connectivity index (χ3n) is 3.18. The average molecular weight is 329 g/mol. The minimum Gasteiger partial charge on any atom is -0.494 e. The quantitative estimate of drug-likeness (QED) is 0.694. The second-order valence-electron chi connectivity index (χ2n) is 5.13. The van der Waals surface area contributed by atoms with Crippen molar-refractivity contribution in [1.29, 1.82) is 0 Å². The number of carbonyl (C=O) groups is 1. The van der Waals surface area contributed by atoms with Gasteiger partial charge in [0, 0.05) is 5.69 Å². The van der Waals surface area contributed by atoms with Crippen molar-refractivity contribution in [3.8, 4) is 5.75 Å². The molecular weight excluding hydrogens is 306 g/mol. The normalized spacial score (nSPS) is 10.1. The summed E-state index contributed by atoms with van der Waals surface area (Å²) in [7, 11) is 0. The molecule has 6 nitrogen and oxygen atoms in total. The van der Waals surface area contributed by atoms with E-state index in [2.05, 4.69) is 22.5 Å². The summed E-state index contributed by atoms with van der Waals surface area (Å²) in [5.41, 5.74) is 1.50. The molecule has 0 bridgehead atoms. The lowest BCUT2D eigenvalue weighted by Crippen LogP contribution is -2.13. The Labute approximate surface area is 142 Å². The van der Waals surface area contributed by atoms with Crippen LogP contribution in [-0.2, 0) is 4.74 Å². The van der Waals surface area contributed by atoms with Crippen LogP contribution in [0.4, 0.5) is 22.0 Å². The Bertz CT molecular complexity index is 627. The minimum absolute atomic E-state index is 0.330. The first-order chi connectivity index (χ1) is 11.7. The number of benzene rings is 1. The van der Waals surface area contributed by atoms with Crippen LogP contribution >= 0.6 is 0 Å². The highest BCUT2D eigenvalue weighted by atomic mass is 16.5. The van der Waals surface area contributed by atoms with Crippen molar-refractivity contribution in [2.24, 2.45) is 0 Å². The lowest BCUT2D eigenvalue weighted by atomic mass is 10.3.